The number of carboxylic acid groups (broad SMARTS) is 1. The number of aromatic nitrogens is 3. The molecule has 0 fully saturated rings. The molecule has 0 unspecified atom stereocenters. The van der Waals surface area contributed by atoms with Crippen molar-refractivity contribution in [1.29, 1.82) is 0 Å². The molecule has 144 valence electrons. The number of rotatable bonds is 6. The lowest BCUT2D eigenvalue weighted by Crippen LogP contribution is -1.98. The standard InChI is InChI=1S/C22H17N3O3S/c1-28-20-8-4-3-7-19(20)25-14-18(23-24-25)17-6-2-5-9-21(17)29-16-12-10-15(11-13-16)22(26)27/h2-14H,1H3,(H,26,27). The van der Waals surface area contributed by atoms with Crippen molar-refractivity contribution >= 4 is 17.7 Å². The highest BCUT2D eigenvalue weighted by Gasteiger charge is 2.13. The van der Waals surface area contributed by atoms with Gasteiger partial charge in [-0.2, -0.15) is 0 Å². The predicted octanol–water partition coefficient (Wildman–Crippen LogP) is 4.79. The Hall–Kier alpha value is -3.58. The van der Waals surface area contributed by atoms with Gasteiger partial charge in [0.05, 0.1) is 18.9 Å². The third kappa shape index (κ3) is 4.00. The van der Waals surface area contributed by atoms with Crippen molar-refractivity contribution in [2.24, 2.45) is 0 Å². The average Bonchev–Trinajstić information content (AvgIpc) is 3.24. The lowest BCUT2D eigenvalue weighted by molar-refractivity contribution is 0.0697. The van der Waals surface area contributed by atoms with Crippen LogP contribution < -0.4 is 4.74 Å². The zero-order valence-electron chi connectivity index (χ0n) is 15.5. The molecule has 1 aromatic heterocycles. The number of aromatic carboxylic acids is 1. The Morgan fingerprint density at radius 3 is 2.48 bits per heavy atom. The molecule has 0 saturated carbocycles. The maximum atomic E-state index is 11.0. The summed E-state index contributed by atoms with van der Waals surface area (Å²) in [5.74, 6) is -0.222. The van der Waals surface area contributed by atoms with Gasteiger partial charge in [0.25, 0.3) is 0 Å². The topological polar surface area (TPSA) is 77.2 Å². The molecule has 0 aliphatic carbocycles. The summed E-state index contributed by atoms with van der Waals surface area (Å²) in [6.07, 6.45) is 1.87. The lowest BCUT2D eigenvalue weighted by Gasteiger charge is -2.08. The molecule has 0 bridgehead atoms. The Labute approximate surface area is 171 Å². The fourth-order valence-corrected chi connectivity index (χ4v) is 3.84. The van der Waals surface area contributed by atoms with Crippen molar-refractivity contribution in [1.82, 2.24) is 15.0 Å². The molecule has 1 heterocycles. The molecular weight excluding hydrogens is 386 g/mol. The predicted molar refractivity (Wildman–Crippen MR) is 111 cm³/mol. The van der Waals surface area contributed by atoms with Crippen LogP contribution >= 0.6 is 11.8 Å². The van der Waals surface area contributed by atoms with E-state index in [1.54, 1.807) is 47.8 Å². The molecule has 1 N–H and O–H groups in total. The van der Waals surface area contributed by atoms with Gasteiger partial charge in [0, 0.05) is 15.4 Å². The Morgan fingerprint density at radius 1 is 1.00 bits per heavy atom. The molecule has 0 aliphatic heterocycles. The number of nitrogens with zero attached hydrogens (tertiary/aromatic N) is 3. The summed E-state index contributed by atoms with van der Waals surface area (Å²) in [4.78, 5) is 13.0. The van der Waals surface area contributed by atoms with E-state index in [4.69, 9.17) is 9.84 Å². The number of carboxylic acids is 1. The van der Waals surface area contributed by atoms with Crippen LogP contribution in [0.1, 0.15) is 10.4 Å². The van der Waals surface area contributed by atoms with Crippen molar-refractivity contribution < 1.29 is 14.6 Å². The number of benzene rings is 3. The Bertz CT molecular complexity index is 1160. The van der Waals surface area contributed by atoms with Crippen LogP contribution in [0.4, 0.5) is 0 Å². The van der Waals surface area contributed by atoms with E-state index < -0.39 is 5.97 Å². The minimum Gasteiger partial charge on any atom is -0.494 e. The minimum absolute atomic E-state index is 0.266. The monoisotopic (exact) mass is 403 g/mol. The number of ether oxygens (including phenoxy) is 1. The lowest BCUT2D eigenvalue weighted by atomic mass is 10.2. The Kier molecular flexibility index (Phi) is 5.31. The zero-order valence-corrected chi connectivity index (χ0v) is 16.3. The van der Waals surface area contributed by atoms with Crippen LogP contribution in [0.5, 0.6) is 5.75 Å². The summed E-state index contributed by atoms with van der Waals surface area (Å²) in [5, 5.41) is 17.7. The third-order valence-corrected chi connectivity index (χ3v) is 5.40. The van der Waals surface area contributed by atoms with Gasteiger partial charge in [-0.15, -0.1) is 5.10 Å². The summed E-state index contributed by atoms with van der Waals surface area (Å²) >= 11 is 1.55. The minimum atomic E-state index is -0.935. The van der Waals surface area contributed by atoms with E-state index in [-0.39, 0.29) is 5.56 Å². The van der Waals surface area contributed by atoms with Gasteiger partial charge in [-0.1, -0.05) is 47.3 Å². The molecule has 6 nitrogen and oxygen atoms in total. The van der Waals surface area contributed by atoms with E-state index in [1.165, 1.54) is 0 Å². The Balaban J connectivity index is 1.65. The largest absolute Gasteiger partial charge is 0.494 e. The fraction of sp³-hybridized carbons (Fsp3) is 0.0455. The molecule has 4 rings (SSSR count). The first-order valence-electron chi connectivity index (χ1n) is 8.82. The summed E-state index contributed by atoms with van der Waals surface area (Å²) in [6, 6.07) is 22.3. The van der Waals surface area contributed by atoms with Crippen LogP contribution in [0.25, 0.3) is 16.9 Å². The van der Waals surface area contributed by atoms with Crippen molar-refractivity contribution in [3.8, 4) is 22.7 Å². The van der Waals surface area contributed by atoms with Crippen LogP contribution in [-0.4, -0.2) is 33.2 Å². The summed E-state index contributed by atoms with van der Waals surface area (Å²) in [5.41, 5.74) is 2.76. The molecule has 29 heavy (non-hydrogen) atoms. The number of hydrogen-bond donors (Lipinski definition) is 1. The first-order valence-corrected chi connectivity index (χ1v) is 9.64. The second kappa shape index (κ2) is 8.20. The molecule has 0 atom stereocenters. The molecule has 0 spiro atoms. The zero-order chi connectivity index (χ0) is 20.2. The summed E-state index contributed by atoms with van der Waals surface area (Å²) < 4.78 is 7.10. The SMILES string of the molecule is COc1ccccc1-n1cc(-c2ccccc2Sc2ccc(C(=O)O)cc2)nn1. The van der Waals surface area contributed by atoms with Crippen LogP contribution in [0, 0.1) is 0 Å². The number of para-hydroxylation sites is 2. The van der Waals surface area contributed by atoms with Gasteiger partial charge in [-0.05, 0) is 42.5 Å². The summed E-state index contributed by atoms with van der Waals surface area (Å²) in [6.45, 7) is 0. The molecule has 0 saturated heterocycles. The van der Waals surface area contributed by atoms with Crippen molar-refractivity contribution in [3.05, 3.63) is 84.6 Å². The van der Waals surface area contributed by atoms with Crippen LogP contribution in [0.2, 0.25) is 0 Å². The quantitative estimate of drug-likeness (QED) is 0.499. The first kappa shape index (κ1) is 18.8. The highest BCUT2D eigenvalue weighted by Crippen LogP contribution is 2.35. The average molecular weight is 403 g/mol. The fourth-order valence-electron chi connectivity index (χ4n) is 2.88. The van der Waals surface area contributed by atoms with E-state index in [0.29, 0.717) is 5.75 Å². The first-order chi connectivity index (χ1) is 14.2. The maximum absolute atomic E-state index is 11.0. The molecule has 4 aromatic rings. The van der Waals surface area contributed by atoms with E-state index in [1.807, 2.05) is 54.7 Å². The van der Waals surface area contributed by atoms with Crippen molar-refractivity contribution in [2.75, 3.05) is 7.11 Å². The van der Waals surface area contributed by atoms with E-state index in [2.05, 4.69) is 10.3 Å². The smallest absolute Gasteiger partial charge is 0.335 e. The van der Waals surface area contributed by atoms with Crippen LogP contribution in [-0.2, 0) is 0 Å². The molecule has 0 aliphatic rings. The van der Waals surface area contributed by atoms with Gasteiger partial charge in [0.1, 0.15) is 17.1 Å². The molecule has 7 heteroatoms. The van der Waals surface area contributed by atoms with Gasteiger partial charge in [-0.25, -0.2) is 9.48 Å². The van der Waals surface area contributed by atoms with Gasteiger partial charge in [0.15, 0.2) is 0 Å². The molecule has 0 amide bonds. The van der Waals surface area contributed by atoms with Gasteiger partial charge < -0.3 is 9.84 Å². The summed E-state index contributed by atoms with van der Waals surface area (Å²) in [7, 11) is 1.62. The van der Waals surface area contributed by atoms with Crippen LogP contribution in [0.3, 0.4) is 0 Å². The molecule has 0 radical (unpaired) electrons. The van der Waals surface area contributed by atoms with E-state index in [0.717, 1.165) is 26.7 Å². The third-order valence-electron chi connectivity index (χ3n) is 4.32. The number of methoxy groups -OCH3 is 1. The van der Waals surface area contributed by atoms with Gasteiger partial charge in [0.2, 0.25) is 0 Å². The van der Waals surface area contributed by atoms with Gasteiger partial charge >= 0.3 is 5.97 Å². The van der Waals surface area contributed by atoms with Crippen molar-refractivity contribution in [2.45, 2.75) is 9.79 Å². The van der Waals surface area contributed by atoms with Crippen LogP contribution in [0.15, 0.2) is 88.8 Å². The highest BCUT2D eigenvalue weighted by atomic mass is 32.2. The highest BCUT2D eigenvalue weighted by molar-refractivity contribution is 7.99. The molecule has 3 aromatic carbocycles. The van der Waals surface area contributed by atoms with Gasteiger partial charge in [-0.3, -0.25) is 0 Å². The van der Waals surface area contributed by atoms with E-state index in [9.17, 15) is 4.79 Å². The second-order valence-electron chi connectivity index (χ2n) is 6.15. The molecular formula is C22H17N3O3S. The van der Waals surface area contributed by atoms with E-state index >= 15 is 0 Å². The normalized spacial score (nSPS) is 10.7. The maximum Gasteiger partial charge on any atom is 0.335 e. The number of hydrogen-bond acceptors (Lipinski definition) is 5. The number of carbonyl (C=O) groups is 1. The van der Waals surface area contributed by atoms with Crippen molar-refractivity contribution in [3.63, 3.8) is 0 Å². The Morgan fingerprint density at radius 2 is 1.72 bits per heavy atom. The second-order valence-corrected chi connectivity index (χ2v) is 7.26.